The van der Waals surface area contributed by atoms with Gasteiger partial charge < -0.3 is 19.3 Å². The SMILES string of the molecule is COc1ccc(-c2noc3c2CCN3)cc1OC. The Morgan fingerprint density at radius 1 is 1.22 bits per heavy atom. The average Bonchev–Trinajstić information content (AvgIpc) is 3.00. The first-order valence-corrected chi connectivity index (χ1v) is 5.78. The molecule has 1 aromatic carbocycles. The van der Waals surface area contributed by atoms with E-state index in [1.165, 1.54) is 0 Å². The molecule has 0 aliphatic carbocycles. The van der Waals surface area contributed by atoms with Crippen molar-refractivity contribution >= 4 is 5.88 Å². The molecule has 0 saturated heterocycles. The van der Waals surface area contributed by atoms with Gasteiger partial charge in [0.25, 0.3) is 0 Å². The predicted octanol–water partition coefficient (Wildman–Crippen LogP) is 2.33. The van der Waals surface area contributed by atoms with Crippen molar-refractivity contribution in [3.8, 4) is 22.8 Å². The van der Waals surface area contributed by atoms with Crippen LogP contribution >= 0.6 is 0 Å². The Bertz CT molecular complexity index is 578. The van der Waals surface area contributed by atoms with Crippen LogP contribution in [0.15, 0.2) is 22.7 Å². The van der Waals surface area contributed by atoms with Crippen LogP contribution in [0.4, 0.5) is 5.88 Å². The number of nitrogens with zero attached hydrogens (tertiary/aromatic N) is 1. The van der Waals surface area contributed by atoms with Crippen LogP contribution in [-0.4, -0.2) is 25.9 Å². The normalized spacial score (nSPS) is 13.0. The Morgan fingerprint density at radius 2 is 2.06 bits per heavy atom. The highest BCUT2D eigenvalue weighted by atomic mass is 16.5. The zero-order valence-corrected chi connectivity index (χ0v) is 10.3. The third-order valence-electron chi connectivity index (χ3n) is 3.11. The Kier molecular flexibility index (Phi) is 2.59. The van der Waals surface area contributed by atoms with Gasteiger partial charge in [-0.3, -0.25) is 0 Å². The van der Waals surface area contributed by atoms with Crippen LogP contribution < -0.4 is 14.8 Å². The third-order valence-corrected chi connectivity index (χ3v) is 3.11. The fraction of sp³-hybridized carbons (Fsp3) is 0.308. The van der Waals surface area contributed by atoms with Crippen molar-refractivity contribution in [2.24, 2.45) is 0 Å². The van der Waals surface area contributed by atoms with E-state index in [0.29, 0.717) is 11.5 Å². The standard InChI is InChI=1S/C13H14N2O3/c1-16-10-4-3-8(7-11(10)17-2)12-9-5-6-14-13(9)18-15-12/h3-4,7,14H,5-6H2,1-2H3. The van der Waals surface area contributed by atoms with E-state index in [0.717, 1.165) is 35.7 Å². The van der Waals surface area contributed by atoms with Crippen LogP contribution in [0.2, 0.25) is 0 Å². The largest absolute Gasteiger partial charge is 0.493 e. The Balaban J connectivity index is 2.06. The van der Waals surface area contributed by atoms with Crippen molar-refractivity contribution < 1.29 is 14.0 Å². The van der Waals surface area contributed by atoms with Gasteiger partial charge in [-0.15, -0.1) is 0 Å². The molecule has 1 aromatic heterocycles. The molecular formula is C13H14N2O3. The fourth-order valence-corrected chi connectivity index (χ4v) is 2.19. The van der Waals surface area contributed by atoms with Gasteiger partial charge in [0.1, 0.15) is 5.69 Å². The van der Waals surface area contributed by atoms with E-state index in [9.17, 15) is 0 Å². The molecule has 18 heavy (non-hydrogen) atoms. The molecule has 0 radical (unpaired) electrons. The molecule has 0 saturated carbocycles. The van der Waals surface area contributed by atoms with Crippen molar-refractivity contribution in [1.29, 1.82) is 0 Å². The molecule has 0 unspecified atom stereocenters. The molecule has 2 aromatic rings. The molecule has 0 spiro atoms. The number of hydrogen-bond acceptors (Lipinski definition) is 5. The topological polar surface area (TPSA) is 56.5 Å². The third kappa shape index (κ3) is 1.59. The van der Waals surface area contributed by atoms with Crippen LogP contribution in [0.3, 0.4) is 0 Å². The van der Waals surface area contributed by atoms with Crippen LogP contribution in [0, 0.1) is 0 Å². The van der Waals surface area contributed by atoms with Crippen LogP contribution in [-0.2, 0) is 6.42 Å². The Morgan fingerprint density at radius 3 is 2.83 bits per heavy atom. The minimum absolute atomic E-state index is 0.692. The number of hydrogen-bond donors (Lipinski definition) is 1. The highest BCUT2D eigenvalue weighted by Gasteiger charge is 2.22. The first kappa shape index (κ1) is 11.0. The van der Waals surface area contributed by atoms with Gasteiger partial charge in [0, 0.05) is 17.7 Å². The smallest absolute Gasteiger partial charge is 0.228 e. The minimum atomic E-state index is 0.692. The zero-order valence-electron chi connectivity index (χ0n) is 10.3. The summed E-state index contributed by atoms with van der Waals surface area (Å²) in [4.78, 5) is 0. The molecule has 5 nitrogen and oxygen atoms in total. The second-order valence-corrected chi connectivity index (χ2v) is 4.09. The minimum Gasteiger partial charge on any atom is -0.493 e. The summed E-state index contributed by atoms with van der Waals surface area (Å²) in [5.41, 5.74) is 2.97. The molecule has 2 heterocycles. The molecule has 0 atom stereocenters. The summed E-state index contributed by atoms with van der Waals surface area (Å²) in [5.74, 6) is 2.18. The van der Waals surface area contributed by atoms with Crippen LogP contribution in [0.5, 0.6) is 11.5 Å². The maximum atomic E-state index is 5.30. The Labute approximate surface area is 105 Å². The van der Waals surface area contributed by atoms with Gasteiger partial charge >= 0.3 is 0 Å². The number of benzene rings is 1. The summed E-state index contributed by atoms with van der Waals surface area (Å²) in [6.07, 6.45) is 0.933. The summed E-state index contributed by atoms with van der Waals surface area (Å²) in [7, 11) is 3.24. The number of nitrogens with one attached hydrogen (secondary N) is 1. The van der Waals surface area contributed by atoms with Gasteiger partial charge in [-0.25, -0.2) is 0 Å². The monoisotopic (exact) mass is 246 g/mol. The predicted molar refractivity (Wildman–Crippen MR) is 67.2 cm³/mol. The molecule has 0 amide bonds. The molecule has 5 heteroatoms. The average molecular weight is 246 g/mol. The molecular weight excluding hydrogens is 232 g/mol. The summed E-state index contributed by atoms with van der Waals surface area (Å²) >= 11 is 0. The summed E-state index contributed by atoms with van der Waals surface area (Å²) < 4.78 is 15.8. The molecule has 0 bridgehead atoms. The van der Waals surface area contributed by atoms with Crippen molar-refractivity contribution in [3.63, 3.8) is 0 Å². The quantitative estimate of drug-likeness (QED) is 0.900. The molecule has 1 aliphatic rings. The maximum absolute atomic E-state index is 5.30. The number of anilines is 1. The van der Waals surface area contributed by atoms with Crippen LogP contribution in [0.25, 0.3) is 11.3 Å². The highest BCUT2D eigenvalue weighted by Crippen LogP contribution is 2.36. The van der Waals surface area contributed by atoms with Gasteiger partial charge in [-0.05, 0) is 24.6 Å². The van der Waals surface area contributed by atoms with Crippen molar-refractivity contribution in [2.75, 3.05) is 26.1 Å². The maximum Gasteiger partial charge on any atom is 0.228 e. The summed E-state index contributed by atoms with van der Waals surface area (Å²) in [5, 5.41) is 7.26. The van der Waals surface area contributed by atoms with Gasteiger partial charge in [0.05, 0.1) is 14.2 Å². The highest BCUT2D eigenvalue weighted by molar-refractivity contribution is 5.71. The second-order valence-electron chi connectivity index (χ2n) is 4.09. The summed E-state index contributed by atoms with van der Waals surface area (Å²) in [6, 6.07) is 5.74. The number of fused-ring (bicyclic) bond motifs is 1. The van der Waals surface area contributed by atoms with Gasteiger partial charge in [-0.1, -0.05) is 5.16 Å². The van der Waals surface area contributed by atoms with Crippen molar-refractivity contribution in [1.82, 2.24) is 5.16 Å². The number of aromatic nitrogens is 1. The van der Waals surface area contributed by atoms with E-state index in [1.807, 2.05) is 18.2 Å². The van der Waals surface area contributed by atoms with E-state index in [4.69, 9.17) is 14.0 Å². The number of ether oxygens (including phenoxy) is 2. The first-order valence-electron chi connectivity index (χ1n) is 5.78. The lowest BCUT2D eigenvalue weighted by Crippen LogP contribution is -1.93. The number of methoxy groups -OCH3 is 2. The van der Waals surface area contributed by atoms with Gasteiger partial charge in [-0.2, -0.15) is 0 Å². The lowest BCUT2D eigenvalue weighted by Gasteiger charge is -2.08. The van der Waals surface area contributed by atoms with E-state index in [-0.39, 0.29) is 0 Å². The van der Waals surface area contributed by atoms with Crippen LogP contribution in [0.1, 0.15) is 5.56 Å². The summed E-state index contributed by atoms with van der Waals surface area (Å²) in [6.45, 7) is 0.900. The molecule has 3 rings (SSSR count). The van der Waals surface area contributed by atoms with Gasteiger partial charge in [0.15, 0.2) is 11.5 Å². The fourth-order valence-electron chi connectivity index (χ4n) is 2.19. The molecule has 94 valence electrons. The van der Waals surface area contributed by atoms with E-state index >= 15 is 0 Å². The van der Waals surface area contributed by atoms with Crippen molar-refractivity contribution in [2.45, 2.75) is 6.42 Å². The van der Waals surface area contributed by atoms with E-state index in [2.05, 4.69) is 10.5 Å². The van der Waals surface area contributed by atoms with Gasteiger partial charge in [0.2, 0.25) is 5.88 Å². The Hall–Kier alpha value is -2.17. The lowest BCUT2D eigenvalue weighted by atomic mass is 10.1. The van der Waals surface area contributed by atoms with E-state index in [1.54, 1.807) is 14.2 Å². The number of rotatable bonds is 3. The van der Waals surface area contributed by atoms with E-state index < -0.39 is 0 Å². The molecule has 0 fully saturated rings. The first-order chi connectivity index (χ1) is 8.83. The zero-order chi connectivity index (χ0) is 12.5. The lowest BCUT2D eigenvalue weighted by molar-refractivity contribution is 0.355. The second kappa shape index (κ2) is 4.25. The van der Waals surface area contributed by atoms with Crippen molar-refractivity contribution in [3.05, 3.63) is 23.8 Å². The molecule has 1 N–H and O–H groups in total. The molecule has 1 aliphatic heterocycles.